The molecule has 1 N–H and O–H groups in total. The van der Waals surface area contributed by atoms with Crippen molar-refractivity contribution >= 4 is 28.1 Å². The van der Waals surface area contributed by atoms with Gasteiger partial charge in [0.2, 0.25) is 11.0 Å². The normalized spacial score (nSPS) is 16.9. The lowest BCUT2D eigenvalue weighted by molar-refractivity contribution is -0.385. The van der Waals surface area contributed by atoms with E-state index in [-0.39, 0.29) is 18.3 Å². The van der Waals surface area contributed by atoms with E-state index in [0.29, 0.717) is 16.7 Å². The number of nitrogens with one attached hydrogen (secondary N) is 1. The van der Waals surface area contributed by atoms with Crippen molar-refractivity contribution < 1.29 is 14.5 Å². The summed E-state index contributed by atoms with van der Waals surface area (Å²) in [5.74, 6) is -0.521. The molecule has 0 spiro atoms. The van der Waals surface area contributed by atoms with Gasteiger partial charge in [0, 0.05) is 18.7 Å². The summed E-state index contributed by atoms with van der Waals surface area (Å²) in [6, 6.07) is 2.14. The Hall–Kier alpha value is -2.66. The number of aromatic nitrogens is 3. The van der Waals surface area contributed by atoms with Crippen molar-refractivity contribution in [2.75, 3.05) is 11.9 Å². The van der Waals surface area contributed by atoms with E-state index in [0.717, 1.165) is 35.7 Å². The standard InChI is InChI=1S/C13H13N5O5S/c19-10(7-17-6-8(18(21)22)3-4-11(17)20)14-13-16-15-12(24-13)9-2-1-5-23-9/h3-4,6,9H,1-2,5,7H2,(H,14,16,19). The van der Waals surface area contributed by atoms with Gasteiger partial charge >= 0.3 is 0 Å². The van der Waals surface area contributed by atoms with Crippen LogP contribution in [-0.2, 0) is 16.1 Å². The van der Waals surface area contributed by atoms with Crippen molar-refractivity contribution in [3.05, 3.63) is 43.8 Å². The Kier molecular flexibility index (Phi) is 4.62. The van der Waals surface area contributed by atoms with E-state index in [2.05, 4.69) is 15.5 Å². The zero-order valence-electron chi connectivity index (χ0n) is 12.4. The fraction of sp³-hybridized carbons (Fsp3) is 0.385. The van der Waals surface area contributed by atoms with Crippen molar-refractivity contribution in [3.63, 3.8) is 0 Å². The number of hydrogen-bond acceptors (Lipinski definition) is 8. The summed E-state index contributed by atoms with van der Waals surface area (Å²) in [5, 5.41) is 22.1. The maximum absolute atomic E-state index is 12.0. The van der Waals surface area contributed by atoms with E-state index >= 15 is 0 Å². The zero-order valence-corrected chi connectivity index (χ0v) is 13.2. The highest BCUT2D eigenvalue weighted by Crippen LogP contribution is 2.31. The summed E-state index contributed by atoms with van der Waals surface area (Å²) < 4.78 is 6.46. The Morgan fingerprint density at radius 2 is 2.33 bits per heavy atom. The molecule has 2 aromatic heterocycles. The maximum Gasteiger partial charge on any atom is 0.285 e. The molecule has 1 aliphatic rings. The van der Waals surface area contributed by atoms with Gasteiger partial charge in [0.15, 0.2) is 0 Å². The smallest absolute Gasteiger partial charge is 0.285 e. The molecule has 1 saturated heterocycles. The molecule has 1 fully saturated rings. The third kappa shape index (κ3) is 3.63. The first-order valence-corrected chi connectivity index (χ1v) is 7.94. The summed E-state index contributed by atoms with van der Waals surface area (Å²) in [5.41, 5.74) is -0.771. The molecular formula is C13H13N5O5S. The number of ether oxygens (including phenoxy) is 1. The SMILES string of the molecule is O=C(Cn1cc([N+](=O)[O-])ccc1=O)Nc1nnc(C2CCCO2)s1. The number of pyridine rings is 1. The van der Waals surface area contributed by atoms with Crippen molar-refractivity contribution in [2.24, 2.45) is 0 Å². The molecule has 10 nitrogen and oxygen atoms in total. The highest BCUT2D eigenvalue weighted by molar-refractivity contribution is 7.15. The highest BCUT2D eigenvalue weighted by atomic mass is 32.1. The minimum atomic E-state index is -0.632. The second-order valence-electron chi connectivity index (χ2n) is 5.11. The summed E-state index contributed by atoms with van der Waals surface area (Å²) in [4.78, 5) is 33.8. The van der Waals surface area contributed by atoms with Crippen molar-refractivity contribution in [3.8, 4) is 0 Å². The number of nitrogens with zero attached hydrogens (tertiary/aromatic N) is 4. The molecule has 1 amide bonds. The van der Waals surface area contributed by atoms with Crippen LogP contribution in [0.25, 0.3) is 0 Å². The van der Waals surface area contributed by atoms with E-state index in [9.17, 15) is 19.7 Å². The Morgan fingerprint density at radius 3 is 3.04 bits per heavy atom. The van der Waals surface area contributed by atoms with Crippen LogP contribution in [0.4, 0.5) is 10.8 Å². The molecule has 0 aliphatic carbocycles. The Morgan fingerprint density at radius 1 is 1.50 bits per heavy atom. The van der Waals surface area contributed by atoms with Crippen LogP contribution in [0.3, 0.4) is 0 Å². The molecule has 24 heavy (non-hydrogen) atoms. The van der Waals surface area contributed by atoms with Crippen LogP contribution < -0.4 is 10.9 Å². The van der Waals surface area contributed by atoms with Gasteiger partial charge in [0.05, 0.1) is 11.1 Å². The minimum Gasteiger partial charge on any atom is -0.371 e. The molecule has 1 atom stereocenters. The van der Waals surface area contributed by atoms with E-state index < -0.39 is 16.4 Å². The fourth-order valence-corrected chi connectivity index (χ4v) is 3.10. The molecule has 0 saturated carbocycles. The summed E-state index contributed by atoms with van der Waals surface area (Å²) in [6.07, 6.45) is 2.76. The fourth-order valence-electron chi connectivity index (χ4n) is 2.25. The third-order valence-electron chi connectivity index (χ3n) is 3.38. The average Bonchev–Trinajstić information content (AvgIpc) is 3.20. The first kappa shape index (κ1) is 16.2. The molecule has 1 unspecified atom stereocenters. The molecular weight excluding hydrogens is 338 g/mol. The molecule has 2 aromatic rings. The van der Waals surface area contributed by atoms with Gasteiger partial charge in [-0.05, 0) is 12.8 Å². The van der Waals surface area contributed by atoms with Crippen molar-refractivity contribution in [1.82, 2.24) is 14.8 Å². The maximum atomic E-state index is 12.0. The van der Waals surface area contributed by atoms with E-state index in [1.165, 1.54) is 11.3 Å². The first-order chi connectivity index (χ1) is 11.5. The second-order valence-corrected chi connectivity index (χ2v) is 6.11. The van der Waals surface area contributed by atoms with Crippen LogP contribution in [-0.4, -0.2) is 32.2 Å². The van der Waals surface area contributed by atoms with Gasteiger partial charge in [-0.2, -0.15) is 0 Å². The van der Waals surface area contributed by atoms with Crippen LogP contribution in [0.1, 0.15) is 24.0 Å². The van der Waals surface area contributed by atoms with Crippen LogP contribution in [0, 0.1) is 10.1 Å². The quantitative estimate of drug-likeness (QED) is 0.630. The topological polar surface area (TPSA) is 129 Å². The van der Waals surface area contributed by atoms with Crippen LogP contribution >= 0.6 is 11.3 Å². The van der Waals surface area contributed by atoms with Crippen molar-refractivity contribution in [2.45, 2.75) is 25.5 Å². The Bertz CT molecular complexity index is 826. The van der Waals surface area contributed by atoms with E-state index in [4.69, 9.17) is 4.74 Å². The Labute approximate surface area is 139 Å². The number of carbonyl (C=O) groups is 1. The number of anilines is 1. The van der Waals surface area contributed by atoms with Gasteiger partial charge < -0.3 is 4.74 Å². The molecule has 0 aromatic carbocycles. The van der Waals surface area contributed by atoms with Gasteiger partial charge in [-0.15, -0.1) is 10.2 Å². The van der Waals surface area contributed by atoms with Crippen LogP contribution in [0.15, 0.2) is 23.1 Å². The molecule has 0 bridgehead atoms. The summed E-state index contributed by atoms with van der Waals surface area (Å²) >= 11 is 1.21. The molecule has 126 valence electrons. The molecule has 0 radical (unpaired) electrons. The van der Waals surface area contributed by atoms with Gasteiger partial charge in [0.25, 0.3) is 11.2 Å². The molecule has 1 aliphatic heterocycles. The van der Waals surface area contributed by atoms with Gasteiger partial charge in [-0.1, -0.05) is 11.3 Å². The predicted molar refractivity (Wildman–Crippen MR) is 83.8 cm³/mol. The van der Waals surface area contributed by atoms with Gasteiger partial charge in [0.1, 0.15) is 17.7 Å². The number of hydrogen-bond donors (Lipinski definition) is 1. The lowest BCUT2D eigenvalue weighted by Gasteiger charge is -2.05. The first-order valence-electron chi connectivity index (χ1n) is 7.12. The number of carbonyl (C=O) groups excluding carboxylic acids is 1. The monoisotopic (exact) mass is 351 g/mol. The van der Waals surface area contributed by atoms with Gasteiger partial charge in [-0.25, -0.2) is 0 Å². The second kappa shape index (κ2) is 6.84. The third-order valence-corrected chi connectivity index (χ3v) is 4.32. The van der Waals surface area contributed by atoms with Crippen molar-refractivity contribution in [1.29, 1.82) is 0 Å². The Balaban J connectivity index is 1.66. The van der Waals surface area contributed by atoms with Gasteiger partial charge in [-0.3, -0.25) is 29.6 Å². The van der Waals surface area contributed by atoms with E-state index in [1.807, 2.05) is 0 Å². The minimum absolute atomic E-state index is 0.0902. The molecule has 3 rings (SSSR count). The predicted octanol–water partition coefficient (Wildman–Crippen LogP) is 1.10. The largest absolute Gasteiger partial charge is 0.371 e. The lowest BCUT2D eigenvalue weighted by Crippen LogP contribution is -2.26. The lowest BCUT2D eigenvalue weighted by atomic mass is 10.2. The van der Waals surface area contributed by atoms with Crippen LogP contribution in [0.2, 0.25) is 0 Å². The summed E-state index contributed by atoms with van der Waals surface area (Å²) in [7, 11) is 0. The zero-order chi connectivity index (χ0) is 17.1. The number of rotatable bonds is 5. The molecule has 11 heteroatoms. The summed E-state index contributed by atoms with van der Waals surface area (Å²) in [6.45, 7) is 0.330. The highest BCUT2D eigenvalue weighted by Gasteiger charge is 2.22. The van der Waals surface area contributed by atoms with E-state index in [1.54, 1.807) is 0 Å². The number of nitro groups is 1. The molecule has 3 heterocycles. The number of amides is 1. The average molecular weight is 351 g/mol. The van der Waals surface area contributed by atoms with Crippen LogP contribution in [0.5, 0.6) is 0 Å².